The zero-order chi connectivity index (χ0) is 28.2. The summed E-state index contributed by atoms with van der Waals surface area (Å²) in [6.07, 6.45) is 1.81. The van der Waals surface area contributed by atoms with Crippen molar-refractivity contribution in [2.24, 2.45) is 0 Å². The van der Waals surface area contributed by atoms with Crippen molar-refractivity contribution in [2.45, 2.75) is 0 Å². The van der Waals surface area contributed by atoms with Crippen LogP contribution < -0.4 is 0 Å². The Labute approximate surface area is 266 Å². The summed E-state index contributed by atoms with van der Waals surface area (Å²) < 4.78 is 6.80. The van der Waals surface area contributed by atoms with Crippen LogP contribution in [0.3, 0.4) is 0 Å². The van der Waals surface area contributed by atoms with Crippen molar-refractivity contribution in [2.75, 3.05) is 0 Å². The second-order valence-electron chi connectivity index (χ2n) is 10.2. The van der Waals surface area contributed by atoms with E-state index in [0.29, 0.717) is 0 Å². The Morgan fingerprint density at radius 1 is 0.488 bits per heavy atom. The van der Waals surface area contributed by atoms with E-state index in [4.69, 9.17) is 4.98 Å². The third-order valence-corrected chi connectivity index (χ3v) is 9.67. The van der Waals surface area contributed by atoms with Crippen LogP contribution in [0, 0.1) is 0 Å². The van der Waals surface area contributed by atoms with Crippen molar-refractivity contribution in [3.05, 3.63) is 143 Å². The number of benzene rings is 5. The van der Waals surface area contributed by atoms with E-state index >= 15 is 0 Å². The first-order valence-electron chi connectivity index (χ1n) is 13.7. The Morgan fingerprint density at radius 3 is 1.81 bits per heavy atom. The minimum atomic E-state index is 0. The summed E-state index contributed by atoms with van der Waals surface area (Å²) in [5.74, 6) is 0. The lowest BCUT2D eigenvalue weighted by molar-refractivity contribution is 1.18. The molecule has 0 N–H and O–H groups in total. The summed E-state index contributed by atoms with van der Waals surface area (Å²) in [4.78, 5) is 9.56. The molecule has 4 aromatic heterocycles. The normalized spacial score (nSPS) is 11.3. The van der Waals surface area contributed by atoms with Crippen LogP contribution >= 0.6 is 31.9 Å². The molecule has 0 spiro atoms. The van der Waals surface area contributed by atoms with Crippen molar-refractivity contribution >= 4 is 101 Å². The van der Waals surface area contributed by atoms with E-state index in [1.165, 1.54) is 32.6 Å². The van der Waals surface area contributed by atoms with E-state index < -0.39 is 0 Å². The van der Waals surface area contributed by atoms with Crippen molar-refractivity contribution < 1.29 is 0 Å². The minimum absolute atomic E-state index is 0. The fourth-order valence-electron chi connectivity index (χ4n) is 5.95. The van der Waals surface area contributed by atoms with Crippen LogP contribution in [-0.2, 0) is 0 Å². The number of halogens is 2. The van der Waals surface area contributed by atoms with Crippen LogP contribution in [0.5, 0.6) is 0 Å². The molecule has 0 atom stereocenters. The molecule has 9 aromatic rings. The first kappa shape index (κ1) is 27.4. The fourth-order valence-corrected chi connectivity index (χ4v) is 6.52. The number of pyridine rings is 2. The molecule has 7 heteroatoms. The molecule has 0 fully saturated rings. The van der Waals surface area contributed by atoms with Crippen molar-refractivity contribution in [1.29, 1.82) is 0 Å². The van der Waals surface area contributed by atoms with Crippen molar-refractivity contribution in [3.8, 4) is 5.69 Å². The second-order valence-corrected chi connectivity index (χ2v) is 11.9. The van der Waals surface area contributed by atoms with Gasteiger partial charge in [-0.3, -0.25) is 4.40 Å². The number of imidazole rings is 1. The average molecular weight is 681 g/mol. The molecular formula is C36H22BBr2N4. The van der Waals surface area contributed by atoms with Crippen LogP contribution in [0.2, 0.25) is 0 Å². The quantitative estimate of drug-likeness (QED) is 0.128. The molecule has 9 rings (SSSR count). The Kier molecular flexibility index (Phi) is 7.00. The highest BCUT2D eigenvalue weighted by molar-refractivity contribution is 9.13. The molecule has 3 radical (unpaired) electrons. The molecule has 0 bridgehead atoms. The van der Waals surface area contributed by atoms with Gasteiger partial charge in [-0.05, 0) is 97.9 Å². The average Bonchev–Trinajstić information content (AvgIpc) is 3.59. The zero-order valence-corrected chi connectivity index (χ0v) is 26.0. The smallest absolute Gasteiger partial charge is 0.178 e. The SMILES string of the molecule is Brc1ccccc1Br.[B].c1ccc(-n2c3ccccc3c3cc4c5ccccc5n5c6cccnc6nc5c4cc32)cc1. The lowest BCUT2D eigenvalue weighted by Crippen LogP contribution is -1.94. The van der Waals surface area contributed by atoms with E-state index in [1.54, 1.807) is 0 Å². The highest BCUT2D eigenvalue weighted by atomic mass is 79.9. The lowest BCUT2D eigenvalue weighted by atomic mass is 10.0. The molecule has 5 aromatic carbocycles. The van der Waals surface area contributed by atoms with Gasteiger partial charge in [-0.1, -0.05) is 66.7 Å². The first-order valence-corrected chi connectivity index (χ1v) is 15.2. The van der Waals surface area contributed by atoms with Crippen LogP contribution in [-0.4, -0.2) is 27.3 Å². The third kappa shape index (κ3) is 4.42. The van der Waals surface area contributed by atoms with Gasteiger partial charge in [0.25, 0.3) is 0 Å². The Hall–Kier alpha value is -4.46. The second kappa shape index (κ2) is 11.0. The number of aromatic nitrogens is 4. The molecular weight excluding hydrogens is 659 g/mol. The highest BCUT2D eigenvalue weighted by Crippen LogP contribution is 2.39. The van der Waals surface area contributed by atoms with Gasteiger partial charge in [0.2, 0.25) is 0 Å². The van der Waals surface area contributed by atoms with Gasteiger partial charge in [-0.15, -0.1) is 0 Å². The van der Waals surface area contributed by atoms with E-state index in [2.05, 4.69) is 143 Å². The van der Waals surface area contributed by atoms with Gasteiger partial charge in [-0.25, -0.2) is 9.97 Å². The molecule has 4 heterocycles. The molecule has 0 aliphatic carbocycles. The van der Waals surface area contributed by atoms with Crippen LogP contribution in [0.1, 0.15) is 0 Å². The van der Waals surface area contributed by atoms with Crippen LogP contribution in [0.15, 0.2) is 143 Å². The molecule has 0 aliphatic heterocycles. The van der Waals surface area contributed by atoms with Gasteiger partial charge >= 0.3 is 0 Å². The predicted octanol–water partition coefficient (Wildman–Crippen LogP) is 10.1. The molecule has 0 amide bonds. The minimum Gasteiger partial charge on any atom is -0.309 e. The van der Waals surface area contributed by atoms with Gasteiger partial charge in [0, 0.05) is 50.8 Å². The monoisotopic (exact) mass is 679 g/mol. The Morgan fingerprint density at radius 2 is 1.09 bits per heavy atom. The van der Waals surface area contributed by atoms with Gasteiger partial charge in [0.15, 0.2) is 5.65 Å². The standard InChI is InChI=1S/C30H18N4.C6H4Br2.B/c1-2-9-19(10-3-1)33-25-13-6-5-12-21(25)23-17-22-20-11-4-7-14-26(20)34-27-15-8-16-31-29(27)32-30(34)24(22)18-28(23)33;7-5-3-1-2-4-6(5)8;/h1-18H;1-4H;. The number of para-hydroxylation sites is 3. The predicted molar refractivity (Wildman–Crippen MR) is 187 cm³/mol. The Balaban J connectivity index is 0.000000293. The Bertz CT molecular complexity index is 2430. The largest absolute Gasteiger partial charge is 0.309 e. The zero-order valence-electron chi connectivity index (χ0n) is 22.8. The van der Waals surface area contributed by atoms with Crippen LogP contribution in [0.4, 0.5) is 0 Å². The molecule has 0 saturated carbocycles. The van der Waals surface area contributed by atoms with E-state index in [-0.39, 0.29) is 8.41 Å². The summed E-state index contributed by atoms with van der Waals surface area (Å²) in [7, 11) is 0. The maximum atomic E-state index is 5.00. The first-order chi connectivity index (χ1) is 20.7. The van der Waals surface area contributed by atoms with Gasteiger partial charge in [0.1, 0.15) is 5.65 Å². The maximum absolute atomic E-state index is 5.00. The molecule has 4 nitrogen and oxygen atoms in total. The molecule has 203 valence electrons. The van der Waals surface area contributed by atoms with Crippen molar-refractivity contribution in [3.63, 3.8) is 0 Å². The fraction of sp³-hybridized carbons (Fsp3) is 0. The molecule has 0 unspecified atom stereocenters. The van der Waals surface area contributed by atoms with Crippen molar-refractivity contribution in [1.82, 2.24) is 18.9 Å². The van der Waals surface area contributed by atoms with Gasteiger partial charge < -0.3 is 4.57 Å². The molecule has 43 heavy (non-hydrogen) atoms. The lowest BCUT2D eigenvalue weighted by Gasteiger charge is -2.11. The topological polar surface area (TPSA) is 35.1 Å². The maximum Gasteiger partial charge on any atom is 0.178 e. The van der Waals surface area contributed by atoms with E-state index in [9.17, 15) is 0 Å². The van der Waals surface area contributed by atoms with Gasteiger partial charge in [0.05, 0.1) is 22.1 Å². The summed E-state index contributed by atoms with van der Waals surface area (Å²) in [5, 5.41) is 6.05. The summed E-state index contributed by atoms with van der Waals surface area (Å²) in [6, 6.07) is 44.5. The summed E-state index contributed by atoms with van der Waals surface area (Å²) in [5.41, 5.74) is 7.41. The molecule has 0 aliphatic rings. The number of hydrogen-bond acceptors (Lipinski definition) is 2. The number of fused-ring (bicyclic) bond motifs is 11. The molecule has 0 saturated heterocycles. The number of rotatable bonds is 1. The van der Waals surface area contributed by atoms with E-state index in [0.717, 1.165) is 42.3 Å². The van der Waals surface area contributed by atoms with E-state index in [1.807, 2.05) is 36.5 Å². The van der Waals surface area contributed by atoms with Gasteiger partial charge in [-0.2, -0.15) is 0 Å². The number of hydrogen-bond donors (Lipinski definition) is 0. The third-order valence-electron chi connectivity index (χ3n) is 7.76. The summed E-state index contributed by atoms with van der Waals surface area (Å²) >= 11 is 6.70. The number of nitrogens with zero attached hydrogens (tertiary/aromatic N) is 4. The van der Waals surface area contributed by atoms with Crippen LogP contribution in [0.25, 0.3) is 66.0 Å². The summed E-state index contributed by atoms with van der Waals surface area (Å²) in [6.45, 7) is 0. The highest BCUT2D eigenvalue weighted by Gasteiger charge is 2.18.